The Morgan fingerprint density at radius 1 is 1.36 bits per heavy atom. The van der Waals surface area contributed by atoms with Gasteiger partial charge >= 0.3 is 0 Å². The van der Waals surface area contributed by atoms with Crippen molar-refractivity contribution in [2.45, 2.75) is 38.6 Å². The highest BCUT2D eigenvalue weighted by molar-refractivity contribution is 7.80. The number of halogens is 1. The largest absolute Gasteiger partial charge is 0.504 e. The van der Waals surface area contributed by atoms with Gasteiger partial charge in [-0.3, -0.25) is 5.43 Å². The predicted molar refractivity (Wildman–Crippen MR) is 92.7 cm³/mol. The third-order valence-corrected chi connectivity index (χ3v) is 4.37. The van der Waals surface area contributed by atoms with Gasteiger partial charge in [-0.1, -0.05) is 31.4 Å². The number of thiocarbonyl (C=S) groups is 1. The van der Waals surface area contributed by atoms with Crippen molar-refractivity contribution in [3.63, 3.8) is 0 Å². The van der Waals surface area contributed by atoms with Crippen LogP contribution >= 0.6 is 23.8 Å². The van der Waals surface area contributed by atoms with E-state index in [9.17, 15) is 10.2 Å². The zero-order chi connectivity index (χ0) is 16.1. The van der Waals surface area contributed by atoms with E-state index in [1.165, 1.54) is 37.6 Å². The van der Waals surface area contributed by atoms with Gasteiger partial charge in [0, 0.05) is 6.04 Å². The van der Waals surface area contributed by atoms with E-state index in [-0.39, 0.29) is 16.5 Å². The molecule has 22 heavy (non-hydrogen) atoms. The van der Waals surface area contributed by atoms with E-state index in [1.807, 2.05) is 0 Å². The summed E-state index contributed by atoms with van der Waals surface area (Å²) in [5, 5.41) is 26.7. The van der Waals surface area contributed by atoms with Crippen LogP contribution in [0.2, 0.25) is 5.02 Å². The van der Waals surface area contributed by atoms with Gasteiger partial charge in [0.25, 0.3) is 0 Å². The molecular weight excluding hydrogens is 322 g/mol. The van der Waals surface area contributed by atoms with Crippen molar-refractivity contribution in [3.05, 3.63) is 22.7 Å². The molecule has 0 radical (unpaired) electrons. The number of hydrogen-bond acceptors (Lipinski definition) is 4. The first kappa shape index (κ1) is 16.8. The fourth-order valence-corrected chi connectivity index (χ4v) is 3.00. The number of hydrazone groups is 1. The predicted octanol–water partition coefficient (Wildman–Crippen LogP) is 3.13. The van der Waals surface area contributed by atoms with Crippen molar-refractivity contribution in [3.8, 4) is 11.5 Å². The number of phenols is 2. The maximum Gasteiger partial charge on any atom is 0.187 e. The summed E-state index contributed by atoms with van der Waals surface area (Å²) in [7, 11) is 0. The van der Waals surface area contributed by atoms with Gasteiger partial charge < -0.3 is 15.5 Å². The lowest BCUT2D eigenvalue weighted by atomic mass is 9.86. The molecule has 0 amide bonds. The van der Waals surface area contributed by atoms with Crippen molar-refractivity contribution < 1.29 is 10.2 Å². The number of nitrogens with zero attached hydrogens (tertiary/aromatic N) is 1. The van der Waals surface area contributed by atoms with Gasteiger partial charge in [0.05, 0.1) is 11.2 Å². The second-order valence-electron chi connectivity index (χ2n) is 5.58. The minimum atomic E-state index is -0.338. The molecule has 0 bridgehead atoms. The summed E-state index contributed by atoms with van der Waals surface area (Å²) >= 11 is 11.0. The number of phenolic OH excluding ortho intramolecular Hbond substituents is 2. The SMILES string of the molecule is C[C@H]1CCCC[C@@H]1NC(=S)N/N=C/c1cc(O)c(O)c(Cl)c1. The van der Waals surface area contributed by atoms with Gasteiger partial charge in [-0.2, -0.15) is 5.10 Å². The number of hydrogen-bond donors (Lipinski definition) is 4. The maximum atomic E-state index is 9.48. The minimum Gasteiger partial charge on any atom is -0.504 e. The van der Waals surface area contributed by atoms with Crippen LogP contribution in [-0.4, -0.2) is 27.6 Å². The average molecular weight is 342 g/mol. The molecule has 2 atom stereocenters. The Kier molecular flexibility index (Phi) is 5.85. The molecule has 7 heteroatoms. The first-order valence-corrected chi connectivity index (χ1v) is 8.07. The molecule has 0 aromatic heterocycles. The second kappa shape index (κ2) is 7.65. The average Bonchev–Trinajstić information content (AvgIpc) is 2.47. The summed E-state index contributed by atoms with van der Waals surface area (Å²) < 4.78 is 0. The molecule has 1 aromatic rings. The van der Waals surface area contributed by atoms with Crippen LogP contribution in [-0.2, 0) is 0 Å². The van der Waals surface area contributed by atoms with Gasteiger partial charge in [0.1, 0.15) is 0 Å². The Hall–Kier alpha value is -1.53. The van der Waals surface area contributed by atoms with E-state index in [1.54, 1.807) is 0 Å². The standard InChI is InChI=1S/C15H20ClN3O2S/c1-9-4-2-3-5-12(9)18-15(22)19-17-8-10-6-11(16)14(21)13(20)7-10/h6-9,12,20-21H,2-5H2,1H3,(H2,18,19,22)/b17-8+/t9-,12-/m0/s1. The van der Waals surface area contributed by atoms with Crippen LogP contribution in [0.5, 0.6) is 11.5 Å². The van der Waals surface area contributed by atoms with Crippen molar-refractivity contribution >= 4 is 35.1 Å². The summed E-state index contributed by atoms with van der Waals surface area (Å²) in [6.07, 6.45) is 6.31. The van der Waals surface area contributed by atoms with Crippen molar-refractivity contribution in [2.24, 2.45) is 11.0 Å². The normalized spacial score (nSPS) is 21.7. The first-order chi connectivity index (χ1) is 10.5. The lowest BCUT2D eigenvalue weighted by molar-refractivity contribution is 0.308. The van der Waals surface area contributed by atoms with Crippen molar-refractivity contribution in [1.29, 1.82) is 0 Å². The lowest BCUT2D eigenvalue weighted by Crippen LogP contribution is -2.44. The Morgan fingerprint density at radius 3 is 2.77 bits per heavy atom. The van der Waals surface area contributed by atoms with Gasteiger partial charge in [0.2, 0.25) is 0 Å². The molecule has 0 unspecified atom stereocenters. The zero-order valence-electron chi connectivity index (χ0n) is 12.3. The highest BCUT2D eigenvalue weighted by atomic mass is 35.5. The number of aromatic hydroxyl groups is 2. The van der Waals surface area contributed by atoms with Crippen LogP contribution in [0.3, 0.4) is 0 Å². The number of nitrogens with one attached hydrogen (secondary N) is 2. The van der Waals surface area contributed by atoms with E-state index < -0.39 is 0 Å². The monoisotopic (exact) mass is 341 g/mol. The third kappa shape index (κ3) is 4.48. The molecule has 0 spiro atoms. The quantitative estimate of drug-likeness (QED) is 0.294. The molecule has 0 aliphatic heterocycles. The van der Waals surface area contributed by atoms with Crippen LogP contribution in [0.15, 0.2) is 17.2 Å². The summed E-state index contributed by atoms with van der Waals surface area (Å²) in [5.41, 5.74) is 3.31. The fourth-order valence-electron chi connectivity index (χ4n) is 2.58. The van der Waals surface area contributed by atoms with Crippen LogP contribution in [0, 0.1) is 5.92 Å². The Balaban J connectivity index is 1.88. The molecule has 4 N–H and O–H groups in total. The second-order valence-corrected chi connectivity index (χ2v) is 6.40. The maximum absolute atomic E-state index is 9.48. The Morgan fingerprint density at radius 2 is 2.09 bits per heavy atom. The van der Waals surface area contributed by atoms with Gasteiger partial charge in [0.15, 0.2) is 16.6 Å². The molecule has 1 aromatic carbocycles. The molecule has 2 rings (SSSR count). The van der Waals surface area contributed by atoms with E-state index in [0.29, 0.717) is 22.6 Å². The van der Waals surface area contributed by atoms with Crippen molar-refractivity contribution in [1.82, 2.24) is 10.7 Å². The molecule has 1 saturated carbocycles. The van der Waals surface area contributed by atoms with Crippen LogP contribution in [0.25, 0.3) is 0 Å². The number of benzene rings is 1. The molecule has 1 aliphatic carbocycles. The lowest BCUT2D eigenvalue weighted by Gasteiger charge is -2.30. The summed E-state index contributed by atoms with van der Waals surface area (Å²) in [5.74, 6) is -0.0220. The summed E-state index contributed by atoms with van der Waals surface area (Å²) in [6.45, 7) is 2.23. The molecule has 0 saturated heterocycles. The third-order valence-electron chi connectivity index (χ3n) is 3.87. The summed E-state index contributed by atoms with van der Waals surface area (Å²) in [4.78, 5) is 0. The highest BCUT2D eigenvalue weighted by Gasteiger charge is 2.21. The zero-order valence-corrected chi connectivity index (χ0v) is 13.9. The van der Waals surface area contributed by atoms with Crippen LogP contribution in [0.1, 0.15) is 38.2 Å². The Bertz CT molecular complexity index is 557. The summed E-state index contributed by atoms with van der Waals surface area (Å²) in [6, 6.07) is 3.25. The molecule has 5 nitrogen and oxygen atoms in total. The van der Waals surface area contributed by atoms with E-state index in [2.05, 4.69) is 22.8 Å². The van der Waals surface area contributed by atoms with Crippen LogP contribution in [0.4, 0.5) is 0 Å². The first-order valence-electron chi connectivity index (χ1n) is 7.28. The van der Waals surface area contributed by atoms with E-state index in [0.717, 1.165) is 6.42 Å². The highest BCUT2D eigenvalue weighted by Crippen LogP contribution is 2.33. The minimum absolute atomic E-state index is 0.0678. The molecule has 1 fully saturated rings. The smallest absolute Gasteiger partial charge is 0.187 e. The van der Waals surface area contributed by atoms with Gasteiger partial charge in [-0.25, -0.2) is 0 Å². The van der Waals surface area contributed by atoms with Gasteiger partial charge in [-0.05, 0) is 48.7 Å². The molecule has 1 aliphatic rings. The topological polar surface area (TPSA) is 76.9 Å². The Labute approximate surface area is 140 Å². The van der Waals surface area contributed by atoms with E-state index >= 15 is 0 Å². The van der Waals surface area contributed by atoms with Gasteiger partial charge in [-0.15, -0.1) is 0 Å². The fraction of sp³-hybridized carbons (Fsp3) is 0.467. The van der Waals surface area contributed by atoms with Crippen molar-refractivity contribution in [2.75, 3.05) is 0 Å². The van der Waals surface area contributed by atoms with Crippen LogP contribution < -0.4 is 10.7 Å². The number of rotatable bonds is 3. The molecular formula is C15H20ClN3O2S. The van der Waals surface area contributed by atoms with E-state index in [4.69, 9.17) is 23.8 Å². The molecule has 120 valence electrons. The molecule has 0 heterocycles.